The first kappa shape index (κ1) is 24.1. The molecule has 1 aromatic carbocycles. The van der Waals surface area contributed by atoms with Crippen LogP contribution in [0, 0.1) is 5.92 Å². The van der Waals surface area contributed by atoms with Gasteiger partial charge in [0.05, 0.1) is 6.04 Å². The third kappa shape index (κ3) is 7.23. The van der Waals surface area contributed by atoms with Gasteiger partial charge < -0.3 is 15.4 Å². The van der Waals surface area contributed by atoms with Crippen LogP contribution < -0.4 is 15.4 Å². The van der Waals surface area contributed by atoms with E-state index in [0.717, 1.165) is 18.6 Å². The van der Waals surface area contributed by atoms with Gasteiger partial charge in [0.2, 0.25) is 11.8 Å². The summed E-state index contributed by atoms with van der Waals surface area (Å²) in [6.07, 6.45) is -2.59. The number of carbonyl (C=O) groups excluding carboxylic acids is 2. The number of nitrogens with one attached hydrogen (secondary N) is 2. The van der Waals surface area contributed by atoms with Crippen molar-refractivity contribution in [3.8, 4) is 5.75 Å². The number of carbonyl (C=O) groups is 2. The van der Waals surface area contributed by atoms with Crippen LogP contribution in [0.5, 0.6) is 5.75 Å². The number of nitrogens with zero attached hydrogens (tertiary/aromatic N) is 1. The van der Waals surface area contributed by atoms with Gasteiger partial charge in [0.15, 0.2) is 0 Å². The minimum absolute atomic E-state index is 0.0551. The largest absolute Gasteiger partial charge is 0.573 e. The van der Waals surface area contributed by atoms with Crippen LogP contribution in [-0.4, -0.2) is 48.8 Å². The highest BCUT2D eigenvalue weighted by Gasteiger charge is 2.31. The number of thiophene rings is 1. The number of hydrogen-bond donors (Lipinski definition) is 2. The fourth-order valence-corrected chi connectivity index (χ4v) is 4.32. The number of likely N-dealkylation sites (tertiary alicyclic amines) is 1. The maximum absolute atomic E-state index is 12.6. The Morgan fingerprint density at radius 1 is 1.19 bits per heavy atom. The minimum Gasteiger partial charge on any atom is -0.406 e. The molecule has 0 aliphatic carbocycles. The van der Waals surface area contributed by atoms with E-state index in [-0.39, 0.29) is 23.5 Å². The fourth-order valence-electron chi connectivity index (χ4n) is 3.61. The van der Waals surface area contributed by atoms with E-state index in [1.165, 1.54) is 17.0 Å². The summed E-state index contributed by atoms with van der Waals surface area (Å²) in [6.45, 7) is 3.63. The molecule has 1 aromatic heterocycles. The van der Waals surface area contributed by atoms with Gasteiger partial charge in [0, 0.05) is 23.0 Å². The molecular formula is C22H26F3N3O3S. The van der Waals surface area contributed by atoms with Gasteiger partial charge in [-0.15, -0.1) is 24.5 Å². The summed E-state index contributed by atoms with van der Waals surface area (Å²) in [5.74, 6) is -0.613. The molecule has 0 bridgehead atoms. The SMILES string of the molecule is CC(C(=O)Nc1ccc(OC(F)(F)F)cc1)N1CCC(C(=O)NCCc2cccs2)CC1. The second kappa shape index (κ2) is 10.8. The second-order valence-electron chi connectivity index (χ2n) is 7.67. The summed E-state index contributed by atoms with van der Waals surface area (Å²) >= 11 is 1.67. The van der Waals surface area contributed by atoms with Gasteiger partial charge in [-0.3, -0.25) is 14.5 Å². The first-order chi connectivity index (χ1) is 15.2. The van der Waals surface area contributed by atoms with E-state index in [1.807, 2.05) is 22.4 Å². The minimum atomic E-state index is -4.76. The average Bonchev–Trinajstić information content (AvgIpc) is 3.27. The van der Waals surface area contributed by atoms with E-state index < -0.39 is 12.4 Å². The van der Waals surface area contributed by atoms with Crippen molar-refractivity contribution in [2.45, 2.75) is 38.6 Å². The van der Waals surface area contributed by atoms with Crippen LogP contribution in [0.2, 0.25) is 0 Å². The lowest BCUT2D eigenvalue weighted by atomic mass is 9.95. The Kier molecular flexibility index (Phi) is 8.14. The molecular weight excluding hydrogens is 443 g/mol. The predicted molar refractivity (Wildman–Crippen MR) is 117 cm³/mol. The number of rotatable bonds is 8. The molecule has 10 heteroatoms. The molecule has 0 saturated carbocycles. The summed E-state index contributed by atoms with van der Waals surface area (Å²) in [4.78, 5) is 28.2. The third-order valence-electron chi connectivity index (χ3n) is 5.43. The summed E-state index contributed by atoms with van der Waals surface area (Å²) in [7, 11) is 0. The number of amides is 2. The Bertz CT molecular complexity index is 880. The third-order valence-corrected chi connectivity index (χ3v) is 6.37. The first-order valence-electron chi connectivity index (χ1n) is 10.4. The van der Waals surface area contributed by atoms with E-state index in [2.05, 4.69) is 15.4 Å². The normalized spacial score (nSPS) is 16.4. The average molecular weight is 470 g/mol. The van der Waals surface area contributed by atoms with Crippen LogP contribution in [0.25, 0.3) is 0 Å². The van der Waals surface area contributed by atoms with Crippen molar-refractivity contribution in [1.29, 1.82) is 0 Å². The Labute approximate surface area is 188 Å². The van der Waals surface area contributed by atoms with Crippen LogP contribution in [0.15, 0.2) is 41.8 Å². The molecule has 0 radical (unpaired) electrons. The van der Waals surface area contributed by atoms with Crippen molar-refractivity contribution in [2.24, 2.45) is 5.92 Å². The number of ether oxygens (including phenoxy) is 1. The van der Waals surface area contributed by atoms with E-state index in [4.69, 9.17) is 0 Å². The number of alkyl halides is 3. The number of benzene rings is 1. The molecule has 174 valence electrons. The zero-order valence-corrected chi connectivity index (χ0v) is 18.5. The van der Waals surface area contributed by atoms with Crippen molar-refractivity contribution in [3.05, 3.63) is 46.7 Å². The Hall–Kier alpha value is -2.59. The number of anilines is 1. The van der Waals surface area contributed by atoms with Gasteiger partial charge in [0.25, 0.3) is 0 Å². The Morgan fingerprint density at radius 2 is 1.88 bits per heavy atom. The maximum atomic E-state index is 12.6. The molecule has 32 heavy (non-hydrogen) atoms. The lowest BCUT2D eigenvalue weighted by Gasteiger charge is -2.34. The highest BCUT2D eigenvalue weighted by atomic mass is 32.1. The zero-order chi connectivity index (χ0) is 23.1. The molecule has 1 fully saturated rings. The number of hydrogen-bond acceptors (Lipinski definition) is 5. The Balaban J connectivity index is 1.40. The lowest BCUT2D eigenvalue weighted by molar-refractivity contribution is -0.274. The molecule has 1 saturated heterocycles. The van der Waals surface area contributed by atoms with Gasteiger partial charge in [-0.1, -0.05) is 6.07 Å². The molecule has 0 spiro atoms. The van der Waals surface area contributed by atoms with Gasteiger partial charge in [0.1, 0.15) is 5.75 Å². The first-order valence-corrected chi connectivity index (χ1v) is 11.3. The maximum Gasteiger partial charge on any atom is 0.573 e. The van der Waals surface area contributed by atoms with E-state index in [1.54, 1.807) is 18.3 Å². The van der Waals surface area contributed by atoms with Crippen LogP contribution in [0.4, 0.5) is 18.9 Å². The van der Waals surface area contributed by atoms with Crippen molar-refractivity contribution in [2.75, 3.05) is 25.0 Å². The molecule has 6 nitrogen and oxygen atoms in total. The van der Waals surface area contributed by atoms with Crippen molar-refractivity contribution >= 4 is 28.8 Å². The van der Waals surface area contributed by atoms with Crippen LogP contribution in [0.1, 0.15) is 24.6 Å². The second-order valence-corrected chi connectivity index (χ2v) is 8.70. The topological polar surface area (TPSA) is 70.7 Å². The molecule has 2 aromatic rings. The molecule has 2 amide bonds. The summed E-state index contributed by atoms with van der Waals surface area (Å²) in [5.41, 5.74) is 0.386. The van der Waals surface area contributed by atoms with Crippen LogP contribution in [-0.2, 0) is 16.0 Å². The highest BCUT2D eigenvalue weighted by Crippen LogP contribution is 2.24. The zero-order valence-electron chi connectivity index (χ0n) is 17.7. The smallest absolute Gasteiger partial charge is 0.406 e. The van der Waals surface area contributed by atoms with Crippen molar-refractivity contribution < 1.29 is 27.5 Å². The van der Waals surface area contributed by atoms with Crippen molar-refractivity contribution in [3.63, 3.8) is 0 Å². The van der Waals surface area contributed by atoms with E-state index >= 15 is 0 Å². The predicted octanol–water partition coefficient (Wildman–Crippen LogP) is 4.04. The quantitative estimate of drug-likeness (QED) is 0.612. The van der Waals surface area contributed by atoms with Gasteiger partial charge in [-0.25, -0.2) is 0 Å². The molecule has 1 aliphatic heterocycles. The molecule has 1 unspecified atom stereocenters. The summed E-state index contributed by atoms with van der Waals surface area (Å²) in [5, 5.41) is 7.72. The molecule has 2 N–H and O–H groups in total. The van der Waals surface area contributed by atoms with Gasteiger partial charge >= 0.3 is 6.36 Å². The van der Waals surface area contributed by atoms with Crippen molar-refractivity contribution in [1.82, 2.24) is 10.2 Å². The molecule has 2 heterocycles. The lowest BCUT2D eigenvalue weighted by Crippen LogP contribution is -2.48. The molecule has 1 atom stereocenters. The van der Waals surface area contributed by atoms with Gasteiger partial charge in [-0.05, 0) is 75.0 Å². The standard InChI is InChI=1S/C22H26F3N3O3S/c1-15(20(29)27-17-4-6-18(7-5-17)31-22(23,24)25)28-12-9-16(10-13-28)21(30)26-11-8-19-3-2-14-32-19/h2-7,14-16H,8-13H2,1H3,(H,26,30)(H,27,29). The Morgan fingerprint density at radius 3 is 2.47 bits per heavy atom. The summed E-state index contributed by atoms with van der Waals surface area (Å²) < 4.78 is 40.5. The number of halogens is 3. The summed E-state index contributed by atoms with van der Waals surface area (Å²) in [6, 6.07) is 8.63. The fraction of sp³-hybridized carbons (Fsp3) is 0.455. The van der Waals surface area contributed by atoms with E-state index in [0.29, 0.717) is 38.2 Å². The van der Waals surface area contributed by atoms with Crippen LogP contribution >= 0.6 is 11.3 Å². The highest BCUT2D eigenvalue weighted by molar-refractivity contribution is 7.09. The van der Waals surface area contributed by atoms with Crippen LogP contribution in [0.3, 0.4) is 0 Å². The number of piperidine rings is 1. The van der Waals surface area contributed by atoms with Gasteiger partial charge in [-0.2, -0.15) is 0 Å². The monoisotopic (exact) mass is 469 g/mol. The molecule has 3 rings (SSSR count). The molecule has 1 aliphatic rings. The van der Waals surface area contributed by atoms with E-state index in [9.17, 15) is 22.8 Å².